The highest BCUT2D eigenvalue weighted by atomic mass is 32.1. The fourth-order valence-corrected chi connectivity index (χ4v) is 5.32. The first kappa shape index (κ1) is 15.7. The molecule has 7 heteroatoms. The molecule has 1 N–H and O–H groups in total. The number of fused-ring (bicyclic) bond motifs is 2. The predicted molar refractivity (Wildman–Crippen MR) is 101 cm³/mol. The van der Waals surface area contributed by atoms with Crippen molar-refractivity contribution in [2.24, 2.45) is 0 Å². The zero-order valence-electron chi connectivity index (χ0n) is 13.8. The van der Waals surface area contributed by atoms with Crippen molar-refractivity contribution in [3.8, 4) is 10.6 Å². The minimum Gasteiger partial charge on any atom is -0.319 e. The Labute approximate surface area is 158 Å². The number of hydrogen-bond donors (Lipinski definition) is 1. The molecule has 0 radical (unpaired) electrons. The topological polar surface area (TPSA) is 62.3 Å². The number of thiophene rings is 1. The molecule has 1 aliphatic carbocycles. The summed E-state index contributed by atoms with van der Waals surface area (Å²) in [6, 6.07) is 9.55. The monoisotopic (exact) mass is 381 g/mol. The van der Waals surface area contributed by atoms with E-state index in [4.69, 9.17) is 0 Å². The van der Waals surface area contributed by atoms with Gasteiger partial charge in [-0.15, -0.1) is 11.3 Å². The van der Waals surface area contributed by atoms with Crippen LogP contribution in [0, 0.1) is 0 Å². The Morgan fingerprint density at radius 3 is 2.92 bits per heavy atom. The van der Waals surface area contributed by atoms with Gasteiger partial charge in [-0.1, -0.05) is 24.3 Å². The summed E-state index contributed by atoms with van der Waals surface area (Å²) >= 11 is 3.15. The van der Waals surface area contributed by atoms with E-state index in [-0.39, 0.29) is 18.5 Å². The van der Waals surface area contributed by atoms with Crippen molar-refractivity contribution in [3.05, 3.63) is 63.3 Å². The molecule has 3 heterocycles. The second-order valence-electron chi connectivity index (χ2n) is 6.54. The SMILES string of the molecule is O=C1N[C@]2(CCc3ccccc32)C(=O)N1Cc1csc(-c2ccsc2)n1. The Morgan fingerprint density at radius 2 is 2.08 bits per heavy atom. The Balaban J connectivity index is 1.43. The zero-order valence-corrected chi connectivity index (χ0v) is 15.4. The van der Waals surface area contributed by atoms with Gasteiger partial charge in [-0.25, -0.2) is 9.78 Å². The third-order valence-electron chi connectivity index (χ3n) is 5.06. The highest BCUT2D eigenvalue weighted by molar-refractivity contribution is 7.14. The highest BCUT2D eigenvalue weighted by Crippen LogP contribution is 2.41. The molecule has 26 heavy (non-hydrogen) atoms. The van der Waals surface area contributed by atoms with Crippen LogP contribution in [0.15, 0.2) is 46.5 Å². The third kappa shape index (κ3) is 2.24. The number of nitrogens with one attached hydrogen (secondary N) is 1. The normalized spacial score (nSPS) is 21.5. The number of benzene rings is 1. The summed E-state index contributed by atoms with van der Waals surface area (Å²) in [6.45, 7) is 0.204. The molecule has 2 aliphatic rings. The minimum atomic E-state index is -0.903. The summed E-state index contributed by atoms with van der Waals surface area (Å²) in [6.07, 6.45) is 1.42. The van der Waals surface area contributed by atoms with Crippen LogP contribution in [0.25, 0.3) is 10.6 Å². The summed E-state index contributed by atoms with van der Waals surface area (Å²) in [5, 5.41) is 9.84. The van der Waals surface area contributed by atoms with Crippen LogP contribution in [0.5, 0.6) is 0 Å². The third-order valence-corrected chi connectivity index (χ3v) is 6.69. The maximum absolute atomic E-state index is 13.2. The predicted octanol–water partition coefficient (Wildman–Crippen LogP) is 3.77. The lowest BCUT2D eigenvalue weighted by atomic mass is 9.92. The molecule has 0 saturated carbocycles. The van der Waals surface area contributed by atoms with Gasteiger partial charge in [-0.05, 0) is 35.4 Å². The molecule has 0 unspecified atom stereocenters. The number of aromatic nitrogens is 1. The molecular formula is C19H15N3O2S2. The maximum atomic E-state index is 13.2. The Morgan fingerprint density at radius 1 is 1.19 bits per heavy atom. The second-order valence-corrected chi connectivity index (χ2v) is 8.18. The molecule has 1 spiro atoms. The lowest BCUT2D eigenvalue weighted by Gasteiger charge is -2.22. The van der Waals surface area contributed by atoms with Gasteiger partial charge in [0.1, 0.15) is 10.5 Å². The Hall–Kier alpha value is -2.51. The van der Waals surface area contributed by atoms with E-state index < -0.39 is 5.54 Å². The van der Waals surface area contributed by atoms with Gasteiger partial charge >= 0.3 is 6.03 Å². The van der Waals surface area contributed by atoms with Crippen LogP contribution in [0.4, 0.5) is 4.79 Å². The average Bonchev–Trinajstić information content (AvgIpc) is 3.41. The Kier molecular flexibility index (Phi) is 3.48. The number of hydrogen-bond acceptors (Lipinski definition) is 5. The van der Waals surface area contributed by atoms with E-state index >= 15 is 0 Å². The summed E-state index contributed by atoms with van der Waals surface area (Å²) in [5.74, 6) is -0.169. The van der Waals surface area contributed by atoms with Crippen LogP contribution in [0.3, 0.4) is 0 Å². The maximum Gasteiger partial charge on any atom is 0.325 e. The molecule has 3 amide bonds. The molecule has 1 aliphatic heterocycles. The van der Waals surface area contributed by atoms with E-state index in [0.29, 0.717) is 6.42 Å². The lowest BCUT2D eigenvalue weighted by molar-refractivity contribution is -0.132. The highest BCUT2D eigenvalue weighted by Gasteiger charge is 2.55. The largest absolute Gasteiger partial charge is 0.325 e. The fraction of sp³-hybridized carbons (Fsp3) is 0.211. The summed E-state index contributed by atoms with van der Waals surface area (Å²) in [7, 11) is 0. The lowest BCUT2D eigenvalue weighted by Crippen LogP contribution is -2.41. The first-order valence-electron chi connectivity index (χ1n) is 8.37. The number of rotatable bonds is 3. The molecule has 2 aromatic heterocycles. The van der Waals surface area contributed by atoms with E-state index in [1.807, 2.05) is 46.5 Å². The molecule has 1 saturated heterocycles. The van der Waals surface area contributed by atoms with Crippen LogP contribution >= 0.6 is 22.7 Å². The number of aryl methyl sites for hydroxylation is 1. The van der Waals surface area contributed by atoms with Crippen LogP contribution in [-0.2, 0) is 23.3 Å². The van der Waals surface area contributed by atoms with Crippen molar-refractivity contribution in [3.63, 3.8) is 0 Å². The zero-order chi connectivity index (χ0) is 17.7. The van der Waals surface area contributed by atoms with Crippen molar-refractivity contribution < 1.29 is 9.59 Å². The van der Waals surface area contributed by atoms with Gasteiger partial charge in [-0.2, -0.15) is 11.3 Å². The number of urea groups is 1. The van der Waals surface area contributed by atoms with Crippen molar-refractivity contribution in [2.45, 2.75) is 24.9 Å². The van der Waals surface area contributed by atoms with Gasteiger partial charge in [0.2, 0.25) is 0 Å². The second kappa shape index (κ2) is 5.75. The van der Waals surface area contributed by atoms with Gasteiger partial charge in [-0.3, -0.25) is 9.69 Å². The van der Waals surface area contributed by atoms with Gasteiger partial charge in [0.15, 0.2) is 0 Å². The summed E-state index contributed by atoms with van der Waals surface area (Å²) in [5.41, 5.74) is 2.97. The van der Waals surface area contributed by atoms with Crippen molar-refractivity contribution in [2.75, 3.05) is 0 Å². The minimum absolute atomic E-state index is 0.169. The van der Waals surface area contributed by atoms with E-state index in [1.54, 1.807) is 11.3 Å². The summed E-state index contributed by atoms with van der Waals surface area (Å²) in [4.78, 5) is 31.6. The number of carbonyl (C=O) groups is 2. The van der Waals surface area contributed by atoms with E-state index in [2.05, 4.69) is 10.3 Å². The molecule has 1 atom stereocenters. The molecule has 130 valence electrons. The quantitative estimate of drug-likeness (QED) is 0.703. The van der Waals surface area contributed by atoms with Gasteiger partial charge in [0, 0.05) is 16.3 Å². The van der Waals surface area contributed by atoms with Crippen LogP contribution < -0.4 is 5.32 Å². The van der Waals surface area contributed by atoms with Gasteiger partial charge in [0.05, 0.1) is 12.2 Å². The standard InChI is InChI=1S/C19H15N3O2S2/c23-17-19(7-5-12-3-1-2-4-15(12)19)21-18(24)22(17)9-14-11-26-16(20-14)13-6-8-25-10-13/h1-4,6,8,10-11H,5,7,9H2,(H,21,24)/t19-/m0/s1. The van der Waals surface area contributed by atoms with E-state index in [0.717, 1.165) is 33.8 Å². The molecule has 1 fully saturated rings. The van der Waals surface area contributed by atoms with E-state index in [9.17, 15) is 9.59 Å². The van der Waals surface area contributed by atoms with Crippen molar-refractivity contribution in [1.29, 1.82) is 0 Å². The Bertz CT molecular complexity index is 1010. The first-order valence-corrected chi connectivity index (χ1v) is 10.2. The van der Waals surface area contributed by atoms with Crippen molar-refractivity contribution in [1.82, 2.24) is 15.2 Å². The van der Waals surface area contributed by atoms with Crippen LogP contribution in [0.2, 0.25) is 0 Å². The molecule has 5 rings (SSSR count). The van der Waals surface area contributed by atoms with Crippen molar-refractivity contribution >= 4 is 34.6 Å². The van der Waals surface area contributed by atoms with Gasteiger partial charge in [0.25, 0.3) is 5.91 Å². The smallest absolute Gasteiger partial charge is 0.319 e. The summed E-state index contributed by atoms with van der Waals surface area (Å²) < 4.78 is 0. The number of amides is 3. The van der Waals surface area contributed by atoms with Crippen LogP contribution in [0.1, 0.15) is 23.2 Å². The van der Waals surface area contributed by atoms with E-state index in [1.165, 1.54) is 16.2 Å². The van der Waals surface area contributed by atoms with Gasteiger partial charge < -0.3 is 5.32 Å². The molecule has 0 bridgehead atoms. The molecule has 3 aromatic rings. The van der Waals surface area contributed by atoms with Crippen LogP contribution in [-0.4, -0.2) is 21.8 Å². The first-order chi connectivity index (χ1) is 12.7. The molecule has 1 aromatic carbocycles. The number of nitrogens with zero attached hydrogens (tertiary/aromatic N) is 2. The average molecular weight is 381 g/mol. The number of carbonyl (C=O) groups excluding carboxylic acids is 2. The molecular weight excluding hydrogens is 366 g/mol. The number of imide groups is 1. The fourth-order valence-electron chi connectivity index (χ4n) is 3.79. The number of thiazole rings is 1. The molecule has 5 nitrogen and oxygen atoms in total.